The number of hydrogen-bond donors (Lipinski definition) is 3. The average Bonchev–Trinajstić information content (AvgIpc) is 3.87. The van der Waals surface area contributed by atoms with Crippen molar-refractivity contribution in [1.29, 1.82) is 0 Å². The maximum Gasteiger partial charge on any atom is 0.274 e. The summed E-state index contributed by atoms with van der Waals surface area (Å²) in [7, 11) is -4.01. The van der Waals surface area contributed by atoms with Crippen molar-refractivity contribution in [2.75, 3.05) is 6.54 Å². The summed E-state index contributed by atoms with van der Waals surface area (Å²) < 4.78 is 53.3. The number of fused-ring (bicyclic) bond motifs is 3. The number of ether oxygens (including phenoxy) is 1. The van der Waals surface area contributed by atoms with Crippen molar-refractivity contribution in [3.8, 4) is 5.88 Å². The number of carbonyl (C=O) groups excluding carboxylic acids is 4. The van der Waals surface area contributed by atoms with Gasteiger partial charge >= 0.3 is 0 Å². The molecule has 15 nitrogen and oxygen atoms in total. The first-order chi connectivity index (χ1) is 25.3. The third-order valence-corrected chi connectivity index (χ3v) is 12.9. The zero-order valence-electron chi connectivity index (χ0n) is 29.5. The van der Waals surface area contributed by atoms with Crippen molar-refractivity contribution in [1.82, 2.24) is 35.4 Å². The van der Waals surface area contributed by atoms with E-state index in [0.717, 1.165) is 12.8 Å². The molecule has 1 aromatic carbocycles. The van der Waals surface area contributed by atoms with Crippen LogP contribution in [0.2, 0.25) is 0 Å². The fraction of sp³-hybridized carbons (Fsp3) is 0.528. The van der Waals surface area contributed by atoms with Gasteiger partial charge in [-0.2, -0.15) is 0 Å². The van der Waals surface area contributed by atoms with Crippen molar-refractivity contribution in [2.24, 2.45) is 5.92 Å². The van der Waals surface area contributed by atoms with E-state index in [9.17, 15) is 32.0 Å². The molecule has 17 heteroatoms. The van der Waals surface area contributed by atoms with Crippen LogP contribution in [0.15, 0.2) is 47.2 Å². The summed E-state index contributed by atoms with van der Waals surface area (Å²) in [5.41, 5.74) is -0.768. The van der Waals surface area contributed by atoms with E-state index in [0.29, 0.717) is 43.3 Å². The Kier molecular flexibility index (Phi) is 9.72. The second-order valence-corrected chi connectivity index (χ2v) is 16.7. The number of carbonyl (C=O) groups is 4. The van der Waals surface area contributed by atoms with Crippen molar-refractivity contribution in [2.45, 2.75) is 107 Å². The molecule has 4 heterocycles. The molecule has 2 aromatic heterocycles. The summed E-state index contributed by atoms with van der Waals surface area (Å²) in [6, 6.07) is 3.56. The SMILES string of the molecule is CCc1nc2cccc(F)c2nc1O[C@@H]1C[C@H]2C(=O)N[C@]3(C(=O)NS(=O)(=O)C4(C)CC4)C[C@H]3C=CCCCCC[C@H](NC(=O)c3ccon3)C(=O)N2C1. The van der Waals surface area contributed by atoms with Crippen molar-refractivity contribution >= 4 is 44.7 Å². The highest BCUT2D eigenvalue weighted by Crippen LogP contribution is 2.47. The van der Waals surface area contributed by atoms with Crippen LogP contribution in [0.25, 0.3) is 11.0 Å². The fourth-order valence-electron chi connectivity index (χ4n) is 7.05. The van der Waals surface area contributed by atoms with E-state index in [4.69, 9.17) is 9.26 Å². The molecule has 53 heavy (non-hydrogen) atoms. The molecule has 4 aliphatic rings. The number of nitrogens with one attached hydrogen (secondary N) is 3. The van der Waals surface area contributed by atoms with E-state index in [1.165, 1.54) is 29.4 Å². The number of aromatic nitrogens is 3. The zero-order chi connectivity index (χ0) is 37.5. The molecule has 1 saturated heterocycles. The predicted octanol–water partition coefficient (Wildman–Crippen LogP) is 2.86. The zero-order valence-corrected chi connectivity index (χ0v) is 30.3. The Labute approximate surface area is 305 Å². The highest BCUT2D eigenvalue weighted by molar-refractivity contribution is 7.91. The standard InChI is InChI=1S/C36H42FN7O8S/c1-3-24-32(40-29-23(37)11-9-13-25(29)38-24)52-22-18-28-31(46)41-36(34(48)43-53(49,50)35(2)15-16-35)19-21(36)10-7-5-4-6-8-12-27(33(47)44(28)20-22)39-30(45)26-14-17-51-42-26/h7,9-11,13-14,17,21-22,27-28H,3-6,8,12,15-16,18-20H2,1-2H3,(H,39,45)(H,41,46)(H,43,48)/t21-,22-,27+,28+,36-/m1/s1. The number of aryl methyl sites for hydroxylation is 1. The molecular formula is C36H42FN7O8S. The Morgan fingerprint density at radius 3 is 2.70 bits per heavy atom. The van der Waals surface area contributed by atoms with Gasteiger partial charge in [0.1, 0.15) is 41.2 Å². The van der Waals surface area contributed by atoms with Gasteiger partial charge in [0.05, 0.1) is 16.8 Å². The van der Waals surface area contributed by atoms with Gasteiger partial charge in [0.2, 0.25) is 27.7 Å². The van der Waals surface area contributed by atoms with E-state index in [2.05, 4.69) is 30.5 Å². The quantitative estimate of drug-likeness (QED) is 0.286. The summed E-state index contributed by atoms with van der Waals surface area (Å²) >= 11 is 0. The van der Waals surface area contributed by atoms with Gasteiger partial charge in [0, 0.05) is 18.4 Å². The molecule has 2 aliphatic carbocycles. The molecule has 2 saturated carbocycles. The summed E-state index contributed by atoms with van der Waals surface area (Å²) in [6.45, 7) is 3.30. The molecule has 3 fully saturated rings. The minimum atomic E-state index is -4.01. The average molecular weight is 752 g/mol. The van der Waals surface area contributed by atoms with Crippen molar-refractivity contribution in [3.05, 3.63) is 59.9 Å². The molecule has 0 spiro atoms. The first-order valence-electron chi connectivity index (χ1n) is 18.0. The Hall–Kier alpha value is -4.93. The molecule has 2 aliphatic heterocycles. The normalized spacial score (nSPS) is 27.1. The molecule has 0 radical (unpaired) electrons. The van der Waals surface area contributed by atoms with E-state index in [-0.39, 0.29) is 42.9 Å². The Balaban J connectivity index is 1.21. The number of hydrogen-bond acceptors (Lipinski definition) is 11. The molecule has 3 N–H and O–H groups in total. The molecule has 0 unspecified atom stereocenters. The lowest BCUT2D eigenvalue weighted by atomic mass is 10.0. The third-order valence-electron chi connectivity index (χ3n) is 10.7. The minimum Gasteiger partial charge on any atom is -0.471 e. The molecule has 5 atom stereocenters. The van der Waals surface area contributed by atoms with E-state index in [1.54, 1.807) is 13.0 Å². The maximum absolute atomic E-state index is 14.8. The van der Waals surface area contributed by atoms with Gasteiger partial charge in [-0.25, -0.2) is 22.8 Å². The number of halogens is 1. The van der Waals surface area contributed by atoms with E-state index >= 15 is 0 Å². The van der Waals surface area contributed by atoms with Crippen LogP contribution in [-0.4, -0.2) is 87.1 Å². The van der Waals surface area contributed by atoms with Crippen LogP contribution in [0.4, 0.5) is 4.39 Å². The lowest BCUT2D eigenvalue weighted by molar-refractivity contribution is -0.141. The smallest absolute Gasteiger partial charge is 0.274 e. The van der Waals surface area contributed by atoms with Gasteiger partial charge in [0.25, 0.3) is 11.8 Å². The molecule has 7 rings (SSSR count). The van der Waals surface area contributed by atoms with Crippen LogP contribution in [-0.2, 0) is 30.8 Å². The van der Waals surface area contributed by atoms with Crippen LogP contribution < -0.4 is 20.1 Å². The van der Waals surface area contributed by atoms with Gasteiger partial charge in [-0.15, -0.1) is 0 Å². The van der Waals surface area contributed by atoms with Crippen molar-refractivity contribution in [3.63, 3.8) is 0 Å². The number of nitrogens with zero attached hydrogens (tertiary/aromatic N) is 4. The van der Waals surface area contributed by atoms with Gasteiger partial charge in [0.15, 0.2) is 11.5 Å². The maximum atomic E-state index is 14.8. The molecule has 0 bridgehead atoms. The number of amides is 4. The molecule has 282 valence electrons. The number of sulfonamides is 1. The Morgan fingerprint density at radius 2 is 1.96 bits per heavy atom. The third kappa shape index (κ3) is 7.22. The van der Waals surface area contributed by atoms with Crippen LogP contribution in [0.1, 0.15) is 87.8 Å². The summed E-state index contributed by atoms with van der Waals surface area (Å²) in [5.74, 6) is -3.70. The lowest BCUT2D eigenvalue weighted by Crippen LogP contribution is -2.58. The van der Waals surface area contributed by atoms with Gasteiger partial charge in [-0.3, -0.25) is 23.9 Å². The molecule has 4 amide bonds. The number of benzene rings is 1. The highest BCUT2D eigenvalue weighted by Gasteiger charge is 2.63. The molecular weight excluding hydrogens is 710 g/mol. The monoisotopic (exact) mass is 751 g/mol. The summed E-state index contributed by atoms with van der Waals surface area (Å²) in [5, 5.41) is 9.27. The predicted molar refractivity (Wildman–Crippen MR) is 187 cm³/mol. The van der Waals surface area contributed by atoms with Crippen LogP contribution in [0.3, 0.4) is 0 Å². The first-order valence-corrected chi connectivity index (χ1v) is 19.5. The Morgan fingerprint density at radius 1 is 1.15 bits per heavy atom. The lowest BCUT2D eigenvalue weighted by Gasteiger charge is -2.30. The first kappa shape index (κ1) is 36.4. The number of rotatable bonds is 8. The largest absolute Gasteiger partial charge is 0.471 e. The van der Waals surface area contributed by atoms with E-state index in [1.807, 2.05) is 19.1 Å². The topological polar surface area (TPSA) is 203 Å². The summed E-state index contributed by atoms with van der Waals surface area (Å²) in [4.78, 5) is 66.0. The second kappa shape index (κ2) is 14.1. The Bertz CT molecular complexity index is 2070. The van der Waals surface area contributed by atoms with Gasteiger partial charge in [-0.05, 0) is 64.0 Å². The second-order valence-electron chi connectivity index (χ2n) is 14.6. The van der Waals surface area contributed by atoms with Gasteiger partial charge in [-0.1, -0.05) is 43.1 Å². The molecule has 3 aromatic rings. The fourth-order valence-corrected chi connectivity index (χ4v) is 8.37. The van der Waals surface area contributed by atoms with Crippen LogP contribution in [0, 0.1) is 11.7 Å². The van der Waals surface area contributed by atoms with Crippen molar-refractivity contribution < 1.29 is 41.2 Å². The summed E-state index contributed by atoms with van der Waals surface area (Å²) in [6.07, 6.45) is 8.53. The van der Waals surface area contributed by atoms with Crippen LogP contribution in [0.5, 0.6) is 5.88 Å². The number of allylic oxidation sites excluding steroid dienone is 1. The van der Waals surface area contributed by atoms with Gasteiger partial charge < -0.3 is 24.8 Å². The highest BCUT2D eigenvalue weighted by atomic mass is 32.2. The number of para-hydroxylation sites is 1. The van der Waals surface area contributed by atoms with E-state index < -0.39 is 73.9 Å². The van der Waals surface area contributed by atoms with Crippen LogP contribution >= 0.6 is 0 Å². The minimum absolute atomic E-state index is 0.00721.